The van der Waals surface area contributed by atoms with Crippen LogP contribution in [0.15, 0.2) is 61.1 Å². The van der Waals surface area contributed by atoms with E-state index in [-0.39, 0.29) is 11.9 Å². The summed E-state index contributed by atoms with van der Waals surface area (Å²) in [5.74, 6) is 0.729. The first-order chi connectivity index (χ1) is 17.1. The Morgan fingerprint density at radius 1 is 0.971 bits per heavy atom. The highest BCUT2D eigenvalue weighted by molar-refractivity contribution is 5.95. The van der Waals surface area contributed by atoms with E-state index in [0.717, 1.165) is 49.3 Å². The molecule has 7 nitrogen and oxygen atoms in total. The lowest BCUT2D eigenvalue weighted by molar-refractivity contribution is -0.134. The molecule has 0 radical (unpaired) electrons. The fourth-order valence-electron chi connectivity index (χ4n) is 6.10. The highest BCUT2D eigenvalue weighted by Gasteiger charge is 2.58. The predicted octanol–water partition coefficient (Wildman–Crippen LogP) is 3.37. The van der Waals surface area contributed by atoms with Crippen LogP contribution in [-0.2, 0) is 33.5 Å². The van der Waals surface area contributed by atoms with Gasteiger partial charge in [-0.25, -0.2) is 9.78 Å². The maximum Gasteiger partial charge on any atom is 0.341 e. The van der Waals surface area contributed by atoms with Crippen LogP contribution in [0.25, 0.3) is 0 Å². The molecule has 4 aliphatic rings. The van der Waals surface area contributed by atoms with Crippen molar-refractivity contribution < 1.29 is 14.3 Å². The van der Waals surface area contributed by atoms with Crippen molar-refractivity contribution in [3.05, 3.63) is 88.9 Å². The minimum absolute atomic E-state index is 0.120. The summed E-state index contributed by atoms with van der Waals surface area (Å²) in [6, 6.07) is 14.6. The van der Waals surface area contributed by atoms with Crippen molar-refractivity contribution in [3.63, 3.8) is 0 Å². The van der Waals surface area contributed by atoms with Gasteiger partial charge in [0.15, 0.2) is 5.60 Å². The van der Waals surface area contributed by atoms with Crippen LogP contribution >= 0.6 is 0 Å². The maximum atomic E-state index is 13.7. The molecule has 35 heavy (non-hydrogen) atoms. The molecule has 1 aliphatic carbocycles. The van der Waals surface area contributed by atoms with Gasteiger partial charge in [-0.05, 0) is 48.1 Å². The van der Waals surface area contributed by atoms with Crippen LogP contribution in [0, 0.1) is 0 Å². The molecule has 1 atom stereocenters. The first-order valence-corrected chi connectivity index (χ1v) is 12.3. The Bertz CT molecular complexity index is 1350. The topological polar surface area (TPSA) is 75.6 Å². The molecule has 1 amide bonds. The smallest absolute Gasteiger partial charge is 0.341 e. The fraction of sp³-hybridized carbons (Fsp3) is 0.357. The van der Waals surface area contributed by atoms with Gasteiger partial charge in [-0.3, -0.25) is 9.78 Å². The molecular weight excluding hydrogens is 440 g/mol. The summed E-state index contributed by atoms with van der Waals surface area (Å²) in [7, 11) is 0. The highest BCUT2D eigenvalue weighted by Crippen LogP contribution is 2.52. The second-order valence-corrected chi connectivity index (χ2v) is 10.2. The van der Waals surface area contributed by atoms with Crippen LogP contribution in [-0.4, -0.2) is 46.4 Å². The van der Waals surface area contributed by atoms with E-state index < -0.39 is 11.0 Å². The van der Waals surface area contributed by atoms with Crippen molar-refractivity contribution in [2.24, 2.45) is 0 Å². The number of pyridine rings is 2. The molecule has 2 fully saturated rings. The number of esters is 1. The molecule has 7 rings (SSSR count). The van der Waals surface area contributed by atoms with Crippen molar-refractivity contribution in [3.8, 4) is 0 Å². The van der Waals surface area contributed by atoms with Crippen molar-refractivity contribution in [2.75, 3.05) is 24.5 Å². The number of aromatic nitrogens is 2. The Labute approximate surface area is 203 Å². The quantitative estimate of drug-likeness (QED) is 0.551. The van der Waals surface area contributed by atoms with E-state index in [1.54, 1.807) is 12.4 Å². The van der Waals surface area contributed by atoms with E-state index in [1.807, 2.05) is 17.2 Å². The number of nitrogens with zero attached hydrogens (tertiary/aromatic N) is 4. The summed E-state index contributed by atoms with van der Waals surface area (Å²) in [6.45, 7) is 2.78. The average Bonchev–Trinajstić information content (AvgIpc) is 3.54. The van der Waals surface area contributed by atoms with E-state index >= 15 is 0 Å². The van der Waals surface area contributed by atoms with Crippen LogP contribution in [0.5, 0.6) is 0 Å². The lowest BCUT2D eigenvalue weighted by atomic mass is 9.92. The second-order valence-electron chi connectivity index (χ2n) is 10.2. The van der Waals surface area contributed by atoms with E-state index in [2.05, 4.69) is 46.3 Å². The number of hydrogen-bond acceptors (Lipinski definition) is 6. The van der Waals surface area contributed by atoms with Gasteiger partial charge >= 0.3 is 5.97 Å². The van der Waals surface area contributed by atoms with Gasteiger partial charge in [0.25, 0.3) is 0 Å². The zero-order valence-corrected chi connectivity index (χ0v) is 19.4. The number of rotatable bonds is 3. The first kappa shape index (κ1) is 20.6. The molecule has 1 saturated heterocycles. The minimum atomic E-state index is -0.742. The SMILES string of the molecule is O=C1OC2(CCN(C(=O)C3(c4ccc(N5CCc6ccccc6C5)nc4)CC3)C2)c2ccncc21. The lowest BCUT2D eigenvalue weighted by Crippen LogP contribution is -2.40. The van der Waals surface area contributed by atoms with Crippen molar-refractivity contribution >= 4 is 17.7 Å². The molecule has 3 aliphatic heterocycles. The van der Waals surface area contributed by atoms with Crippen LogP contribution in [0.3, 0.4) is 0 Å². The van der Waals surface area contributed by atoms with E-state index in [4.69, 9.17) is 9.72 Å². The largest absolute Gasteiger partial charge is 0.449 e. The monoisotopic (exact) mass is 466 g/mol. The molecule has 0 N–H and O–H groups in total. The molecule has 1 saturated carbocycles. The van der Waals surface area contributed by atoms with Crippen molar-refractivity contribution in [1.29, 1.82) is 0 Å². The predicted molar refractivity (Wildman–Crippen MR) is 129 cm³/mol. The molecule has 2 aromatic heterocycles. The average molecular weight is 467 g/mol. The van der Waals surface area contributed by atoms with Gasteiger partial charge < -0.3 is 14.5 Å². The minimum Gasteiger partial charge on any atom is -0.449 e. The number of ether oxygens (including phenoxy) is 1. The van der Waals surface area contributed by atoms with Gasteiger partial charge in [-0.2, -0.15) is 0 Å². The number of hydrogen-bond donors (Lipinski definition) is 0. The highest BCUT2D eigenvalue weighted by atomic mass is 16.6. The third-order valence-corrected chi connectivity index (χ3v) is 8.25. The van der Waals surface area contributed by atoms with Gasteiger partial charge in [-0.1, -0.05) is 30.3 Å². The van der Waals surface area contributed by atoms with Crippen LogP contribution in [0.4, 0.5) is 5.82 Å². The number of amides is 1. The Hall–Kier alpha value is -3.74. The summed E-state index contributed by atoms with van der Waals surface area (Å²) in [5, 5.41) is 0. The number of likely N-dealkylation sites (tertiary alicyclic amines) is 1. The van der Waals surface area contributed by atoms with Crippen molar-refractivity contribution in [2.45, 2.75) is 43.2 Å². The number of benzene rings is 1. The van der Waals surface area contributed by atoms with E-state index in [0.29, 0.717) is 25.1 Å². The summed E-state index contributed by atoms with van der Waals surface area (Å²) >= 11 is 0. The van der Waals surface area contributed by atoms with Crippen molar-refractivity contribution in [1.82, 2.24) is 14.9 Å². The first-order valence-electron chi connectivity index (χ1n) is 12.3. The molecule has 176 valence electrons. The van der Waals surface area contributed by atoms with Gasteiger partial charge in [0, 0.05) is 50.2 Å². The molecule has 0 bridgehead atoms. The van der Waals surface area contributed by atoms with E-state index in [9.17, 15) is 9.59 Å². The summed E-state index contributed by atoms with van der Waals surface area (Å²) < 4.78 is 5.82. The zero-order valence-electron chi connectivity index (χ0n) is 19.4. The Morgan fingerprint density at radius 3 is 2.63 bits per heavy atom. The third kappa shape index (κ3) is 3.10. The molecule has 3 aromatic rings. The summed E-state index contributed by atoms with van der Waals surface area (Å²) in [5.41, 5.74) is 3.88. The van der Waals surface area contributed by atoms with Gasteiger partial charge in [0.05, 0.1) is 17.5 Å². The lowest BCUT2D eigenvalue weighted by Gasteiger charge is -2.30. The summed E-state index contributed by atoms with van der Waals surface area (Å²) in [6.07, 6.45) is 8.43. The molecule has 1 aromatic carbocycles. The standard InChI is InChI=1S/C28H26N4O3/c33-25-22-16-29-12-7-23(22)28(35-25)11-14-32(18-28)26(34)27(9-10-27)21-5-6-24(30-15-21)31-13-8-19-3-1-2-4-20(19)17-31/h1-7,12,15-16H,8-11,13-14,17-18H2. The molecule has 1 unspecified atom stereocenters. The number of anilines is 1. The van der Waals surface area contributed by atoms with Crippen LogP contribution < -0.4 is 4.90 Å². The molecule has 7 heteroatoms. The number of fused-ring (bicyclic) bond motifs is 3. The Balaban J connectivity index is 1.09. The zero-order chi connectivity index (χ0) is 23.6. The Kier molecular flexibility index (Phi) is 4.35. The number of carbonyl (C=O) groups excluding carboxylic acids is 2. The molecule has 5 heterocycles. The van der Waals surface area contributed by atoms with Gasteiger partial charge in [-0.15, -0.1) is 0 Å². The normalized spacial score (nSPS) is 23.7. The number of carbonyl (C=O) groups is 2. The van der Waals surface area contributed by atoms with Gasteiger partial charge in [0.2, 0.25) is 5.91 Å². The van der Waals surface area contributed by atoms with Gasteiger partial charge in [0.1, 0.15) is 5.82 Å². The van der Waals surface area contributed by atoms with E-state index in [1.165, 1.54) is 11.1 Å². The maximum absolute atomic E-state index is 13.7. The van der Waals surface area contributed by atoms with Crippen LogP contribution in [0.2, 0.25) is 0 Å². The Morgan fingerprint density at radius 2 is 1.83 bits per heavy atom. The molecular formula is C28H26N4O3. The van der Waals surface area contributed by atoms with Crippen LogP contribution in [0.1, 0.15) is 51.9 Å². The second kappa shape index (κ2) is 7.38. The third-order valence-electron chi connectivity index (χ3n) is 8.25. The fourth-order valence-corrected chi connectivity index (χ4v) is 6.10. The molecule has 1 spiro atoms. The summed E-state index contributed by atoms with van der Waals surface area (Å²) in [4.78, 5) is 39.1.